The summed E-state index contributed by atoms with van der Waals surface area (Å²) in [6, 6.07) is 39.2. The summed E-state index contributed by atoms with van der Waals surface area (Å²) >= 11 is 0. The number of aromatic nitrogens is 9. The molecule has 6 atom stereocenters. The van der Waals surface area contributed by atoms with Crippen molar-refractivity contribution in [2.45, 2.75) is 230 Å². The highest BCUT2D eigenvalue weighted by molar-refractivity contribution is 7.93. The van der Waals surface area contributed by atoms with Gasteiger partial charge in [-0.05, 0) is 194 Å². The summed E-state index contributed by atoms with van der Waals surface area (Å²) in [5.41, 5.74) is 4.47. The molecule has 0 unspecified atom stereocenters. The molecule has 32 nitrogen and oxygen atoms in total. The van der Waals surface area contributed by atoms with Crippen LogP contribution in [0, 0.1) is 0 Å². The Bertz CT molecular complexity index is 6600. The molecule has 43 heteroatoms. The number of fused-ring (bicyclic) bond motifs is 3. The van der Waals surface area contributed by atoms with Crippen molar-refractivity contribution in [1.29, 1.82) is 0 Å². The van der Waals surface area contributed by atoms with E-state index in [1.165, 1.54) is 121 Å². The molecular formula is C94H99F9N18O14S2. The Kier molecular flexibility index (Phi) is 27.3. The van der Waals surface area contributed by atoms with Crippen LogP contribution < -0.4 is 31.1 Å². The number of ether oxygens (including phenoxy) is 2. The van der Waals surface area contributed by atoms with Gasteiger partial charge in [-0.1, -0.05) is 72.8 Å². The van der Waals surface area contributed by atoms with E-state index in [0.29, 0.717) is 50.0 Å². The topological polar surface area (TPSA) is 422 Å². The van der Waals surface area contributed by atoms with Crippen molar-refractivity contribution in [3.05, 3.63) is 205 Å². The van der Waals surface area contributed by atoms with Crippen LogP contribution in [0.4, 0.5) is 83.6 Å². The number of pyridine rings is 3. The number of hydrogen-bond donors (Lipinski definition) is 7. The van der Waals surface area contributed by atoms with E-state index in [9.17, 15) is 90.3 Å². The maximum atomic E-state index is 15.0. The molecule has 3 saturated heterocycles. The van der Waals surface area contributed by atoms with Gasteiger partial charge in [-0.25, -0.2) is 80.9 Å². The molecule has 0 spiro atoms. The highest BCUT2D eigenvalue weighted by Gasteiger charge is 2.58. The smallest absolute Gasteiger partial charge is 0.435 e. The van der Waals surface area contributed by atoms with Crippen LogP contribution in [-0.2, 0) is 74.5 Å². The minimum Gasteiger partial charge on any atom is -0.442 e. The maximum Gasteiger partial charge on any atom is 0.435 e. The van der Waals surface area contributed by atoms with Crippen LogP contribution in [0.25, 0.3) is 33.1 Å². The lowest BCUT2D eigenvalue weighted by Gasteiger charge is -2.42. The number of benzene rings is 5. The Labute approximate surface area is 780 Å². The molecule has 6 amide bonds. The quantitative estimate of drug-likeness (QED) is 0.0310. The fourth-order valence-electron chi connectivity index (χ4n) is 18.1. The standard InChI is InChI=1S/C35H37F3N6O6S.C30H29F3N6O4S.C29H33F3N6O4/c1-33(2,3)50-32(47)44-27-13-14-29(40-26(27)20-39-44)41-30(45)28-19-23(36)21-43(28)31(46)34(15-17-35(37,38)18-16-34)22-9-11-24(12-10-22)42-51(48,49)25-7-5-4-6-8-25;31-20-16-25(27(40)36-26-11-10-23-24(35-26)17-34-37-23)39(18-20)28(41)29(12-14-30(32,33)15-13-29)19-6-8-21(9-7-19)38-44(42,43)22-4-2-1-3-5-22;1-27(2,3)42-26(41)38-21-8-9-23(35-20(21)15-34-38)36-24(39)22-14-18(30)16-37(22)25(40)28(10-12-29(31,32)13-11-28)17-4-6-19(33)7-5-17/h4-14,20,23,28,42H,15-19,21H2,1-3H3,(H,40,41,45);1-11,17,20,25,38H,12-16,18H2,(H,34,37)(H,35,36,40);4-9,15,18,22H,10-14,16,33H2,1-3H3,(H,35,36,39)/t23-,28-;20-,25-;18-,22-/m111/s1. The van der Waals surface area contributed by atoms with Crippen LogP contribution >= 0.6 is 0 Å². The zero-order valence-corrected chi connectivity index (χ0v) is 76.7. The fraction of sp³-hybridized carbons (Fsp3) is 0.404. The molecule has 724 valence electrons. The number of likely N-dealkylation sites (tertiary alicyclic amines) is 3. The van der Waals surface area contributed by atoms with E-state index in [1.807, 2.05) is 0 Å². The van der Waals surface area contributed by atoms with Gasteiger partial charge in [-0.15, -0.1) is 0 Å². The molecule has 5 aromatic carbocycles. The third kappa shape index (κ3) is 21.8. The highest BCUT2D eigenvalue weighted by Crippen LogP contribution is 2.52. The summed E-state index contributed by atoms with van der Waals surface area (Å²) in [5, 5.41) is 22.6. The first-order valence-corrected chi connectivity index (χ1v) is 47.2. The number of halogens is 9. The summed E-state index contributed by atoms with van der Waals surface area (Å²) in [6.45, 7) is 9.19. The lowest BCUT2D eigenvalue weighted by Crippen LogP contribution is -2.54. The van der Waals surface area contributed by atoms with E-state index < -0.39 is 195 Å². The molecule has 6 fully saturated rings. The number of nitrogens with zero attached hydrogens (tertiary/aromatic N) is 11. The first-order valence-electron chi connectivity index (χ1n) is 44.2. The van der Waals surface area contributed by atoms with Crippen LogP contribution in [-0.4, -0.2) is 209 Å². The third-order valence-electron chi connectivity index (χ3n) is 25.2. The van der Waals surface area contributed by atoms with Gasteiger partial charge in [0.05, 0.1) is 80.8 Å². The van der Waals surface area contributed by atoms with E-state index in [0.717, 1.165) is 19.2 Å². The number of carbonyl (C=O) groups is 8. The van der Waals surface area contributed by atoms with Gasteiger partial charge in [0.25, 0.3) is 20.0 Å². The lowest BCUT2D eigenvalue weighted by atomic mass is 9.67. The maximum absolute atomic E-state index is 15.0. The van der Waals surface area contributed by atoms with E-state index in [2.05, 4.69) is 60.7 Å². The zero-order valence-electron chi connectivity index (χ0n) is 75.0. The van der Waals surface area contributed by atoms with E-state index in [1.54, 1.807) is 114 Å². The van der Waals surface area contributed by atoms with E-state index in [-0.39, 0.29) is 115 Å². The number of nitrogens with one attached hydrogen (secondary N) is 6. The van der Waals surface area contributed by atoms with Gasteiger partial charge in [0.2, 0.25) is 53.2 Å². The number of aromatic amines is 1. The van der Waals surface area contributed by atoms with Crippen molar-refractivity contribution in [2.24, 2.45) is 0 Å². The summed E-state index contributed by atoms with van der Waals surface area (Å²) < 4.78 is 200. The van der Waals surface area contributed by atoms with E-state index >= 15 is 4.39 Å². The van der Waals surface area contributed by atoms with Gasteiger partial charge >= 0.3 is 12.2 Å². The van der Waals surface area contributed by atoms with Crippen molar-refractivity contribution in [1.82, 2.24) is 59.4 Å². The number of nitrogens with two attached hydrogens (primary N) is 1. The fourth-order valence-corrected chi connectivity index (χ4v) is 20.3. The molecule has 3 aliphatic carbocycles. The van der Waals surface area contributed by atoms with Gasteiger partial charge in [-0.3, -0.25) is 43.3 Å². The van der Waals surface area contributed by atoms with Gasteiger partial charge in [0.15, 0.2) is 0 Å². The second kappa shape index (κ2) is 38.2. The van der Waals surface area contributed by atoms with Gasteiger partial charge in [0, 0.05) is 74.8 Å². The first kappa shape index (κ1) is 97.9. The van der Waals surface area contributed by atoms with Gasteiger partial charge in [0.1, 0.15) is 81.8 Å². The highest BCUT2D eigenvalue weighted by atomic mass is 32.2. The predicted octanol–water partition coefficient (Wildman–Crippen LogP) is 15.6. The second-order valence-electron chi connectivity index (χ2n) is 37.1. The number of alkyl halides is 9. The Balaban J connectivity index is 0.000000157. The normalized spacial score (nSPS) is 21.0. The summed E-state index contributed by atoms with van der Waals surface area (Å²) in [6.07, 6.45) is -7.25. The van der Waals surface area contributed by atoms with E-state index in [4.69, 9.17) is 15.2 Å². The monoisotopic (exact) mass is 1940 g/mol. The van der Waals surface area contributed by atoms with Crippen LogP contribution in [0.1, 0.15) is 155 Å². The van der Waals surface area contributed by atoms with Gasteiger partial charge in [-0.2, -0.15) is 24.7 Å². The van der Waals surface area contributed by atoms with Crippen molar-refractivity contribution >= 4 is 135 Å². The molecule has 3 saturated carbocycles. The number of sulfonamides is 2. The number of carbonyl (C=O) groups excluding carboxylic acids is 8. The largest absolute Gasteiger partial charge is 0.442 e. The first-order chi connectivity index (χ1) is 64.6. The molecule has 9 heterocycles. The molecule has 137 heavy (non-hydrogen) atoms. The zero-order chi connectivity index (χ0) is 98.3. The number of H-pyrrole nitrogens is 1. The number of rotatable bonds is 18. The molecule has 11 aromatic rings. The minimum absolute atomic E-state index is 0.0420. The molecule has 0 radical (unpaired) electrons. The van der Waals surface area contributed by atoms with Crippen LogP contribution in [0.15, 0.2) is 198 Å². The second-order valence-corrected chi connectivity index (χ2v) is 40.5. The molecule has 6 aromatic heterocycles. The van der Waals surface area contributed by atoms with Crippen LogP contribution in [0.3, 0.4) is 0 Å². The van der Waals surface area contributed by atoms with Crippen LogP contribution in [0.5, 0.6) is 0 Å². The van der Waals surface area contributed by atoms with Crippen molar-refractivity contribution in [3.8, 4) is 0 Å². The lowest BCUT2D eigenvalue weighted by molar-refractivity contribution is -0.147. The predicted molar refractivity (Wildman–Crippen MR) is 487 cm³/mol. The summed E-state index contributed by atoms with van der Waals surface area (Å²) in [4.78, 5) is 125. The van der Waals surface area contributed by atoms with Crippen LogP contribution in [0.2, 0.25) is 0 Å². The molecule has 6 aliphatic rings. The number of hydrogen-bond acceptors (Lipinski definition) is 21. The average molecular weight is 1940 g/mol. The Morgan fingerprint density at radius 1 is 0.401 bits per heavy atom. The third-order valence-corrected chi connectivity index (χ3v) is 28.0. The molecule has 8 N–H and O–H groups in total. The van der Waals surface area contributed by atoms with Crippen molar-refractivity contribution in [3.63, 3.8) is 0 Å². The molecule has 3 aliphatic heterocycles. The summed E-state index contributed by atoms with van der Waals surface area (Å²) in [7, 11) is -7.81. The molecular weight excluding hydrogens is 1840 g/mol. The summed E-state index contributed by atoms with van der Waals surface area (Å²) in [5.74, 6) is -12.4. The molecule has 0 bridgehead atoms. The molecule has 17 rings (SSSR count). The minimum atomic E-state index is -3.92. The number of anilines is 6. The van der Waals surface area contributed by atoms with Crippen molar-refractivity contribution in [2.75, 3.05) is 50.8 Å². The number of amides is 6. The number of nitrogen functional groups attached to an aromatic ring is 1. The Morgan fingerprint density at radius 2 is 0.708 bits per heavy atom. The SMILES string of the molecule is CC(C)(C)OC(=O)n1ncc2nc(NC(=O)[C@H]3C[C@@H](F)CN3C(=O)C3(c4ccc(N)cc4)CCC(F)(F)CC3)ccc21.CC(C)(C)OC(=O)n1ncc2nc(NC(=O)[C@H]3C[C@@H](F)CN3C(=O)C3(c4ccc(NS(=O)(=O)c5ccccc5)cc4)CCC(F)(F)CC3)ccc21.O=C(Nc1ccc2[nH]ncc2n1)[C@H]1C[C@@H](F)CN1C(=O)C1(c2ccc(NS(=O)(=O)c3ccccc3)cc2)CCC(F)(F)CC1. The van der Waals surface area contributed by atoms with Gasteiger partial charge < -0.3 is 45.9 Å². The Morgan fingerprint density at radius 3 is 1.03 bits per heavy atom. The Hall–Kier alpha value is -13.6. The average Bonchev–Trinajstić information content (AvgIpc) is 1.74. The van der Waals surface area contributed by atoms with Crippen molar-refractivity contribution < 1.29 is 104 Å².